The molecule has 5 rings (SSSR count). The van der Waals surface area contributed by atoms with Crippen LogP contribution in [0.3, 0.4) is 0 Å². The van der Waals surface area contributed by atoms with Crippen LogP contribution in [0.15, 0.2) is 97.6 Å². The number of nitrogens with zero attached hydrogens (tertiary/aromatic N) is 4. The molecule has 0 unspecified atom stereocenters. The molecule has 0 atom stereocenters. The number of ketones is 1. The van der Waals surface area contributed by atoms with Crippen molar-refractivity contribution in [3.05, 3.63) is 114 Å². The average Bonchev–Trinajstić information content (AvgIpc) is 3.56. The maximum Gasteiger partial charge on any atom is 0.260 e. The molecular formula is C27H23ClN4O2S. The van der Waals surface area contributed by atoms with E-state index < -0.39 is 0 Å². The number of rotatable bonds is 8. The fraction of sp³-hybridized carbons (Fsp3) is 0.111. The molecule has 0 aliphatic carbocycles. The first-order valence-electron chi connectivity index (χ1n) is 11.0. The van der Waals surface area contributed by atoms with Gasteiger partial charge in [-0.1, -0.05) is 65.9 Å². The van der Waals surface area contributed by atoms with Crippen molar-refractivity contribution in [3.63, 3.8) is 0 Å². The molecule has 0 saturated heterocycles. The highest BCUT2D eigenvalue weighted by Gasteiger charge is 2.21. The standard InChI is InChI=1S/C27H22N4O2S.ClH/c32-25(20-7-2-1-3-8-20)21-11-13-22(14-12-21)26(33)31(17-6-16-30-18-15-28-19-30)27-29-23-9-4-5-10-24(23)34-27;/h1-5,7-15,18-19H,6,16-17H2;1H. The molecule has 0 fully saturated rings. The molecule has 0 aliphatic heterocycles. The minimum absolute atomic E-state index is 0. The van der Waals surface area contributed by atoms with Crippen LogP contribution in [0.2, 0.25) is 0 Å². The third-order valence-corrected chi connectivity index (χ3v) is 6.61. The van der Waals surface area contributed by atoms with Crippen molar-refractivity contribution in [2.24, 2.45) is 0 Å². The fourth-order valence-electron chi connectivity index (χ4n) is 3.77. The maximum atomic E-state index is 13.6. The third kappa shape index (κ3) is 5.48. The largest absolute Gasteiger partial charge is 0.337 e. The highest BCUT2D eigenvalue weighted by molar-refractivity contribution is 7.22. The quantitative estimate of drug-likeness (QED) is 0.248. The second-order valence-corrected chi connectivity index (χ2v) is 8.86. The molecule has 6 nitrogen and oxygen atoms in total. The van der Waals surface area contributed by atoms with E-state index in [0.717, 1.165) is 23.2 Å². The Morgan fingerprint density at radius 2 is 1.54 bits per heavy atom. The van der Waals surface area contributed by atoms with Crippen LogP contribution in [0, 0.1) is 0 Å². The lowest BCUT2D eigenvalue weighted by atomic mass is 10.0. The first-order chi connectivity index (χ1) is 16.7. The summed E-state index contributed by atoms with van der Waals surface area (Å²) in [5, 5.41) is 0.668. The lowest BCUT2D eigenvalue weighted by Gasteiger charge is -2.20. The Labute approximate surface area is 213 Å². The van der Waals surface area contributed by atoms with Crippen LogP contribution in [-0.2, 0) is 6.54 Å². The van der Waals surface area contributed by atoms with Gasteiger partial charge in [0.1, 0.15) is 0 Å². The van der Waals surface area contributed by atoms with Gasteiger partial charge in [-0.25, -0.2) is 9.97 Å². The number of carbonyl (C=O) groups is 2. The molecule has 176 valence electrons. The third-order valence-electron chi connectivity index (χ3n) is 5.55. The number of aryl methyl sites for hydroxylation is 1. The van der Waals surface area contributed by atoms with Crippen LogP contribution in [0.1, 0.15) is 32.7 Å². The molecule has 0 aliphatic rings. The Morgan fingerprint density at radius 3 is 2.26 bits per heavy atom. The van der Waals surface area contributed by atoms with E-state index in [2.05, 4.69) is 4.98 Å². The summed E-state index contributed by atoms with van der Waals surface area (Å²) in [5.74, 6) is -0.202. The Kier molecular flexibility index (Phi) is 7.70. The number of benzene rings is 3. The average molecular weight is 503 g/mol. The van der Waals surface area contributed by atoms with Crippen molar-refractivity contribution >= 4 is 50.8 Å². The van der Waals surface area contributed by atoms with Gasteiger partial charge in [-0.15, -0.1) is 12.4 Å². The summed E-state index contributed by atoms with van der Waals surface area (Å²) in [6.07, 6.45) is 6.18. The van der Waals surface area contributed by atoms with Gasteiger partial charge in [-0.2, -0.15) is 0 Å². The topological polar surface area (TPSA) is 68.1 Å². The van der Waals surface area contributed by atoms with E-state index in [-0.39, 0.29) is 24.1 Å². The van der Waals surface area contributed by atoms with Gasteiger partial charge in [0, 0.05) is 42.2 Å². The van der Waals surface area contributed by atoms with E-state index in [1.165, 1.54) is 11.3 Å². The summed E-state index contributed by atoms with van der Waals surface area (Å²) in [4.78, 5) is 36.8. The first-order valence-corrected chi connectivity index (χ1v) is 11.8. The SMILES string of the molecule is Cl.O=C(c1ccccc1)c1ccc(C(=O)N(CCCn2ccnc2)c2nc3ccccc3s2)cc1. The van der Waals surface area contributed by atoms with Crippen LogP contribution in [-0.4, -0.2) is 32.8 Å². The van der Waals surface area contributed by atoms with Crippen molar-refractivity contribution < 1.29 is 9.59 Å². The van der Waals surface area contributed by atoms with E-state index in [4.69, 9.17) is 4.98 Å². The number of amides is 1. The number of thiazole rings is 1. The summed E-state index contributed by atoms with van der Waals surface area (Å²) in [7, 11) is 0. The van der Waals surface area contributed by atoms with Gasteiger partial charge in [-0.05, 0) is 30.7 Å². The van der Waals surface area contributed by atoms with Gasteiger partial charge >= 0.3 is 0 Å². The van der Waals surface area contributed by atoms with Gasteiger partial charge < -0.3 is 4.57 Å². The molecule has 1 amide bonds. The van der Waals surface area contributed by atoms with Gasteiger partial charge in [0.2, 0.25) is 0 Å². The minimum atomic E-state index is -0.136. The maximum absolute atomic E-state index is 13.6. The summed E-state index contributed by atoms with van der Waals surface area (Å²) < 4.78 is 3.03. The van der Waals surface area contributed by atoms with Crippen molar-refractivity contribution in [1.82, 2.24) is 14.5 Å². The van der Waals surface area contributed by atoms with E-state index >= 15 is 0 Å². The molecule has 8 heteroatoms. The summed E-state index contributed by atoms with van der Waals surface area (Å²) >= 11 is 1.50. The summed E-state index contributed by atoms with van der Waals surface area (Å²) in [6, 6.07) is 23.9. The number of aromatic nitrogens is 3. The number of hydrogen-bond donors (Lipinski definition) is 0. The zero-order valence-electron chi connectivity index (χ0n) is 18.8. The molecule has 0 bridgehead atoms. The van der Waals surface area contributed by atoms with Crippen molar-refractivity contribution in [3.8, 4) is 0 Å². The van der Waals surface area contributed by atoms with Gasteiger partial charge in [0.05, 0.1) is 16.5 Å². The molecule has 2 aromatic heterocycles. The molecule has 0 saturated carbocycles. The molecule has 35 heavy (non-hydrogen) atoms. The van der Waals surface area contributed by atoms with Crippen LogP contribution in [0.5, 0.6) is 0 Å². The lowest BCUT2D eigenvalue weighted by molar-refractivity contribution is 0.0984. The molecule has 2 heterocycles. The predicted octanol–water partition coefficient (Wildman–Crippen LogP) is 5.88. The Balaban J connectivity index is 0.00000289. The molecule has 0 radical (unpaired) electrons. The molecule has 5 aromatic rings. The second-order valence-electron chi connectivity index (χ2n) is 7.85. The number of anilines is 1. The van der Waals surface area contributed by atoms with Crippen molar-refractivity contribution in [1.29, 1.82) is 0 Å². The van der Waals surface area contributed by atoms with Crippen LogP contribution in [0.4, 0.5) is 5.13 Å². The van der Waals surface area contributed by atoms with Crippen molar-refractivity contribution in [2.45, 2.75) is 13.0 Å². The van der Waals surface area contributed by atoms with E-state index in [9.17, 15) is 9.59 Å². The number of carbonyl (C=O) groups excluding carboxylic acids is 2. The van der Waals surface area contributed by atoms with Crippen LogP contribution in [0.25, 0.3) is 10.2 Å². The van der Waals surface area contributed by atoms with Gasteiger partial charge in [-0.3, -0.25) is 14.5 Å². The highest BCUT2D eigenvalue weighted by atomic mass is 35.5. The lowest BCUT2D eigenvalue weighted by Crippen LogP contribution is -2.32. The molecule has 3 aromatic carbocycles. The van der Waals surface area contributed by atoms with E-state index in [0.29, 0.717) is 28.4 Å². The molecule has 0 spiro atoms. The highest BCUT2D eigenvalue weighted by Crippen LogP contribution is 2.30. The number of para-hydroxylation sites is 1. The Hall–Kier alpha value is -3.81. The van der Waals surface area contributed by atoms with Crippen LogP contribution >= 0.6 is 23.7 Å². The number of hydrogen-bond acceptors (Lipinski definition) is 5. The molecule has 0 N–H and O–H groups in total. The normalized spacial score (nSPS) is 10.6. The Bertz CT molecular complexity index is 1380. The fourth-order valence-corrected chi connectivity index (χ4v) is 4.76. The molecular weight excluding hydrogens is 480 g/mol. The smallest absolute Gasteiger partial charge is 0.260 e. The number of fused-ring (bicyclic) bond motifs is 1. The summed E-state index contributed by atoms with van der Waals surface area (Å²) in [5.41, 5.74) is 2.57. The number of imidazole rings is 1. The van der Waals surface area contributed by atoms with Gasteiger partial charge in [0.25, 0.3) is 5.91 Å². The number of halogens is 1. The Morgan fingerprint density at radius 1 is 0.857 bits per heavy atom. The van der Waals surface area contributed by atoms with Crippen LogP contribution < -0.4 is 4.90 Å². The minimum Gasteiger partial charge on any atom is -0.337 e. The van der Waals surface area contributed by atoms with Crippen molar-refractivity contribution in [2.75, 3.05) is 11.4 Å². The predicted molar refractivity (Wildman–Crippen MR) is 142 cm³/mol. The van der Waals surface area contributed by atoms with Gasteiger partial charge in [0.15, 0.2) is 10.9 Å². The summed E-state index contributed by atoms with van der Waals surface area (Å²) in [6.45, 7) is 1.26. The monoisotopic (exact) mass is 502 g/mol. The first kappa shape index (κ1) is 24.3. The second kappa shape index (κ2) is 11.1. The zero-order valence-corrected chi connectivity index (χ0v) is 20.4. The zero-order chi connectivity index (χ0) is 23.3. The van der Waals surface area contributed by atoms with E-state index in [1.807, 2.05) is 53.2 Å². The van der Waals surface area contributed by atoms with E-state index in [1.54, 1.807) is 53.8 Å².